The van der Waals surface area contributed by atoms with Crippen LogP contribution in [0.4, 0.5) is 4.79 Å². The number of carbonyl (C=O) groups is 4. The maximum Gasteiger partial charge on any atom is 0.408 e. The van der Waals surface area contributed by atoms with E-state index in [-0.39, 0.29) is 13.0 Å². The molecule has 2 atom stereocenters. The second-order valence-corrected chi connectivity index (χ2v) is 6.52. The van der Waals surface area contributed by atoms with Gasteiger partial charge in [-0.25, -0.2) is 9.59 Å². The van der Waals surface area contributed by atoms with Crippen molar-refractivity contribution in [2.75, 3.05) is 12.0 Å². The van der Waals surface area contributed by atoms with Gasteiger partial charge in [0.15, 0.2) is 0 Å². The summed E-state index contributed by atoms with van der Waals surface area (Å²) in [6.07, 6.45) is 0.274. The fraction of sp³-hybridized carbons (Fsp3) is 0.412. The molecule has 4 N–H and O–H groups in total. The predicted octanol–water partition coefficient (Wildman–Crippen LogP) is 1.08. The number of amides is 2. The Hall–Kier alpha value is -2.75. The summed E-state index contributed by atoms with van der Waals surface area (Å²) >= 11 is 1.41. The molecule has 1 aromatic carbocycles. The van der Waals surface area contributed by atoms with Crippen LogP contribution < -0.4 is 10.6 Å². The summed E-state index contributed by atoms with van der Waals surface area (Å²) in [5.74, 6) is -2.97. The third kappa shape index (κ3) is 8.95. The zero-order valence-electron chi connectivity index (χ0n) is 14.7. The Morgan fingerprint density at radius 1 is 1.07 bits per heavy atom. The minimum Gasteiger partial charge on any atom is -0.481 e. The lowest BCUT2D eigenvalue weighted by molar-refractivity contribution is -0.143. The predicted molar refractivity (Wildman–Crippen MR) is 98.4 cm³/mol. The molecule has 0 saturated carbocycles. The molecule has 2 unspecified atom stereocenters. The van der Waals surface area contributed by atoms with Gasteiger partial charge >= 0.3 is 18.0 Å². The van der Waals surface area contributed by atoms with Crippen molar-refractivity contribution in [2.24, 2.45) is 0 Å². The Kier molecular flexibility index (Phi) is 9.73. The molecule has 148 valence electrons. The number of hydrogen-bond acceptors (Lipinski definition) is 6. The van der Waals surface area contributed by atoms with Crippen molar-refractivity contribution in [1.82, 2.24) is 10.6 Å². The second-order valence-electron chi connectivity index (χ2n) is 5.54. The van der Waals surface area contributed by atoms with Crippen LogP contribution >= 0.6 is 11.8 Å². The molecule has 0 heterocycles. The van der Waals surface area contributed by atoms with E-state index in [2.05, 4.69) is 10.6 Å². The first kappa shape index (κ1) is 22.3. The van der Waals surface area contributed by atoms with E-state index >= 15 is 0 Å². The average molecular weight is 398 g/mol. The third-order valence-electron chi connectivity index (χ3n) is 3.43. The molecular formula is C17H22N2O7S. The first-order valence-electron chi connectivity index (χ1n) is 8.04. The van der Waals surface area contributed by atoms with E-state index in [1.54, 1.807) is 36.6 Å². The smallest absolute Gasteiger partial charge is 0.408 e. The monoisotopic (exact) mass is 398 g/mol. The molecular weight excluding hydrogens is 376 g/mol. The summed E-state index contributed by atoms with van der Waals surface area (Å²) in [5.41, 5.74) is 0.717. The highest BCUT2D eigenvalue weighted by molar-refractivity contribution is 7.98. The molecule has 0 aliphatic rings. The number of rotatable bonds is 11. The first-order valence-corrected chi connectivity index (χ1v) is 9.44. The molecule has 0 radical (unpaired) electrons. The van der Waals surface area contributed by atoms with Crippen LogP contribution in [0.15, 0.2) is 30.3 Å². The summed E-state index contributed by atoms with van der Waals surface area (Å²) < 4.78 is 4.97. The van der Waals surface area contributed by atoms with Crippen molar-refractivity contribution < 1.29 is 34.1 Å². The van der Waals surface area contributed by atoms with Crippen LogP contribution in [0.1, 0.15) is 18.4 Å². The number of nitrogens with one attached hydrogen (secondary N) is 2. The Bertz CT molecular complexity index is 654. The van der Waals surface area contributed by atoms with Crippen LogP contribution in [-0.4, -0.2) is 58.2 Å². The topological polar surface area (TPSA) is 142 Å². The summed E-state index contributed by atoms with van der Waals surface area (Å²) in [7, 11) is 0. The van der Waals surface area contributed by atoms with Crippen molar-refractivity contribution in [2.45, 2.75) is 31.5 Å². The summed E-state index contributed by atoms with van der Waals surface area (Å²) in [4.78, 5) is 46.3. The van der Waals surface area contributed by atoms with Gasteiger partial charge in [0.1, 0.15) is 18.7 Å². The van der Waals surface area contributed by atoms with Crippen LogP contribution in [0.3, 0.4) is 0 Å². The molecule has 0 aliphatic heterocycles. The molecule has 0 bridgehead atoms. The normalized spacial score (nSPS) is 12.5. The Labute approximate surface area is 160 Å². The molecule has 0 fully saturated rings. The number of aliphatic carboxylic acids is 2. The second kappa shape index (κ2) is 11.8. The third-order valence-corrected chi connectivity index (χ3v) is 4.07. The minimum absolute atomic E-state index is 0.0560. The highest BCUT2D eigenvalue weighted by Crippen LogP contribution is 2.04. The summed E-state index contributed by atoms with van der Waals surface area (Å²) in [6, 6.07) is 6.16. The maximum atomic E-state index is 12.3. The van der Waals surface area contributed by atoms with E-state index in [9.17, 15) is 19.2 Å². The lowest BCUT2D eigenvalue weighted by Crippen LogP contribution is -2.52. The average Bonchev–Trinajstić information content (AvgIpc) is 2.63. The van der Waals surface area contributed by atoms with Gasteiger partial charge in [-0.1, -0.05) is 30.3 Å². The van der Waals surface area contributed by atoms with E-state index in [1.807, 2.05) is 0 Å². The molecule has 0 aliphatic carbocycles. The highest BCUT2D eigenvalue weighted by Gasteiger charge is 2.28. The van der Waals surface area contributed by atoms with E-state index < -0.39 is 42.4 Å². The number of alkyl carbamates (subject to hydrolysis) is 1. The van der Waals surface area contributed by atoms with Crippen LogP contribution in [0.2, 0.25) is 0 Å². The summed E-state index contributed by atoms with van der Waals surface area (Å²) in [5, 5.41) is 22.5. The standard InChI is InChI=1S/C17H22N2O7S/c1-27-8-7-12(16(23)24)18-15(22)13(9-14(20)21)19-17(25)26-10-11-5-3-2-4-6-11/h2-6,12-13H,7-10H2,1H3,(H,18,22)(H,19,25)(H,20,21)(H,23,24). The van der Waals surface area contributed by atoms with E-state index in [0.29, 0.717) is 5.75 Å². The zero-order valence-corrected chi connectivity index (χ0v) is 15.5. The number of carboxylic acid groups (broad SMARTS) is 2. The largest absolute Gasteiger partial charge is 0.481 e. The zero-order chi connectivity index (χ0) is 20.2. The molecule has 0 aromatic heterocycles. The van der Waals surface area contributed by atoms with Gasteiger partial charge in [0.05, 0.1) is 6.42 Å². The number of benzene rings is 1. The molecule has 27 heavy (non-hydrogen) atoms. The van der Waals surface area contributed by atoms with Gasteiger partial charge < -0.3 is 25.6 Å². The molecule has 10 heteroatoms. The van der Waals surface area contributed by atoms with Crippen molar-refractivity contribution in [3.05, 3.63) is 35.9 Å². The Morgan fingerprint density at radius 3 is 2.30 bits per heavy atom. The number of ether oxygens (including phenoxy) is 1. The number of carbonyl (C=O) groups excluding carboxylic acids is 2. The number of thioether (sulfide) groups is 1. The Balaban J connectivity index is 2.66. The van der Waals surface area contributed by atoms with Crippen molar-refractivity contribution >= 4 is 35.7 Å². The van der Waals surface area contributed by atoms with E-state index in [0.717, 1.165) is 5.56 Å². The van der Waals surface area contributed by atoms with Gasteiger partial charge in [0.2, 0.25) is 5.91 Å². The fourth-order valence-corrected chi connectivity index (χ4v) is 2.53. The van der Waals surface area contributed by atoms with Crippen LogP contribution in [0.5, 0.6) is 0 Å². The van der Waals surface area contributed by atoms with Crippen molar-refractivity contribution in [1.29, 1.82) is 0 Å². The van der Waals surface area contributed by atoms with Crippen molar-refractivity contribution in [3.63, 3.8) is 0 Å². The van der Waals surface area contributed by atoms with E-state index in [1.165, 1.54) is 11.8 Å². The quantitative estimate of drug-likeness (QED) is 0.434. The lowest BCUT2D eigenvalue weighted by atomic mass is 10.1. The van der Waals surface area contributed by atoms with Crippen molar-refractivity contribution in [3.8, 4) is 0 Å². The van der Waals surface area contributed by atoms with Crippen LogP contribution in [0.25, 0.3) is 0 Å². The SMILES string of the molecule is CSCCC(NC(=O)C(CC(=O)O)NC(=O)OCc1ccccc1)C(=O)O. The van der Waals surface area contributed by atoms with Gasteiger partial charge in [-0.05, 0) is 24.0 Å². The van der Waals surface area contributed by atoms with Gasteiger partial charge in [0.25, 0.3) is 0 Å². The number of hydrogen-bond donors (Lipinski definition) is 4. The Morgan fingerprint density at radius 2 is 1.74 bits per heavy atom. The molecule has 0 saturated heterocycles. The first-order chi connectivity index (χ1) is 12.8. The fourth-order valence-electron chi connectivity index (χ4n) is 2.06. The van der Waals surface area contributed by atoms with Crippen LogP contribution in [0, 0.1) is 0 Å². The van der Waals surface area contributed by atoms with E-state index in [4.69, 9.17) is 14.9 Å². The molecule has 1 rings (SSSR count). The summed E-state index contributed by atoms with van der Waals surface area (Å²) in [6.45, 7) is -0.0560. The van der Waals surface area contributed by atoms with Gasteiger partial charge in [0, 0.05) is 0 Å². The molecule has 2 amide bonds. The van der Waals surface area contributed by atoms with Gasteiger partial charge in [-0.3, -0.25) is 9.59 Å². The molecule has 9 nitrogen and oxygen atoms in total. The maximum absolute atomic E-state index is 12.3. The lowest BCUT2D eigenvalue weighted by Gasteiger charge is -2.20. The molecule has 0 spiro atoms. The highest BCUT2D eigenvalue weighted by atomic mass is 32.2. The van der Waals surface area contributed by atoms with Gasteiger partial charge in [-0.15, -0.1) is 0 Å². The minimum atomic E-state index is -1.46. The van der Waals surface area contributed by atoms with Gasteiger partial charge in [-0.2, -0.15) is 11.8 Å². The van der Waals surface area contributed by atoms with Crippen LogP contribution in [-0.2, 0) is 25.7 Å². The number of carboxylic acids is 2. The molecule has 1 aromatic rings.